The second-order valence-corrected chi connectivity index (χ2v) is 5.15. The van der Waals surface area contributed by atoms with Crippen molar-refractivity contribution in [2.75, 3.05) is 20.6 Å². The molecule has 0 aromatic heterocycles. The van der Waals surface area contributed by atoms with Gasteiger partial charge in [0.1, 0.15) is 0 Å². The molecule has 0 bridgehead atoms. The van der Waals surface area contributed by atoms with Crippen LogP contribution in [0.5, 0.6) is 0 Å². The zero-order valence-corrected chi connectivity index (χ0v) is 18.1. The minimum atomic E-state index is -4.21. The monoisotopic (exact) mass is 481 g/mol. The van der Waals surface area contributed by atoms with Crippen LogP contribution in [0.3, 0.4) is 0 Å². The number of rotatable bonds is 1. The molecule has 6 N–H and O–H groups in total. The average molecular weight is 482 g/mol. The summed E-state index contributed by atoms with van der Waals surface area (Å²) in [4.78, 5) is 36.6. The summed E-state index contributed by atoms with van der Waals surface area (Å²) in [5.41, 5.74) is 8.76. The maximum Gasteiger partial charge on any atom is 0.416 e. The van der Waals surface area contributed by atoms with Crippen molar-refractivity contribution in [2.45, 2.75) is 19.5 Å². The maximum atomic E-state index is 11.8. The Morgan fingerprint density at radius 2 is 1.30 bits per heavy atom. The molecule has 2 amide bonds. The summed E-state index contributed by atoms with van der Waals surface area (Å²) in [6.45, 7) is 2.88. The number of amides is 2. The molecule has 176 valence electrons. The van der Waals surface area contributed by atoms with Crippen molar-refractivity contribution < 1.29 is 33.2 Å². The van der Waals surface area contributed by atoms with Crippen molar-refractivity contribution in [1.29, 1.82) is 0 Å². The standard InChI is InChI=1S/C7H5F3.C3H7NOS.C3H9N.CH3NOS.2HNO2/c8-7(9,10)6-4-2-1-3-5-6;1-4(2)3(5)6;1-2-3-4;2-1(3)4;2*2-1-3/h1-5H;1-2H3,(H,5,6);2-4H2,1H3;(H3,2,3,4);2*(H,2,3). The highest BCUT2D eigenvalue weighted by atomic mass is 32.1. The predicted molar refractivity (Wildman–Crippen MR) is 113 cm³/mol. The molecule has 16 heteroatoms. The number of halogens is 3. The molecule has 0 spiro atoms. The third-order valence-electron chi connectivity index (χ3n) is 1.77. The minimum Gasteiger partial charge on any atom is -0.379 e. The van der Waals surface area contributed by atoms with Gasteiger partial charge in [-0.05, 0) is 13.0 Å². The Morgan fingerprint density at radius 1 is 1.07 bits per heavy atom. The number of hydrogen-bond donors (Lipinski definition) is 6. The van der Waals surface area contributed by atoms with Crippen LogP contribution in [0.1, 0.15) is 18.9 Å². The van der Waals surface area contributed by atoms with Crippen LogP contribution < -0.4 is 11.5 Å². The van der Waals surface area contributed by atoms with Crippen LogP contribution in [0.2, 0.25) is 0 Å². The van der Waals surface area contributed by atoms with E-state index in [1.165, 1.54) is 27.7 Å². The molecule has 1 aromatic carbocycles. The Morgan fingerprint density at radius 3 is 1.40 bits per heavy atom. The fourth-order valence-corrected chi connectivity index (χ4v) is 0.627. The van der Waals surface area contributed by atoms with Gasteiger partial charge < -0.3 is 26.8 Å². The smallest absolute Gasteiger partial charge is 0.379 e. The normalized spacial score (nSPS) is 8.03. The summed E-state index contributed by atoms with van der Waals surface area (Å²) in [6.07, 6.45) is -3.11. The highest BCUT2D eigenvalue weighted by molar-refractivity contribution is 7.96. The van der Waals surface area contributed by atoms with E-state index < -0.39 is 17.0 Å². The quantitative estimate of drug-likeness (QED) is 0.199. The van der Waals surface area contributed by atoms with Crippen molar-refractivity contribution in [3.8, 4) is 0 Å². The summed E-state index contributed by atoms with van der Waals surface area (Å²) in [6, 6.07) is 6.36. The number of thiol groups is 2. The van der Waals surface area contributed by atoms with E-state index in [1.807, 2.05) is 0 Å². The number of carbonyl (C=O) groups excluding carboxylic acids is 2. The zero-order valence-electron chi connectivity index (χ0n) is 16.4. The second kappa shape index (κ2) is 28.6. The molecule has 0 atom stereocenters. The van der Waals surface area contributed by atoms with E-state index in [-0.39, 0.29) is 5.24 Å². The van der Waals surface area contributed by atoms with Crippen molar-refractivity contribution in [1.82, 2.24) is 4.90 Å². The Balaban J connectivity index is -0.0000000906. The number of carbonyl (C=O) groups is 2. The van der Waals surface area contributed by atoms with Gasteiger partial charge in [0.25, 0.3) is 10.5 Å². The van der Waals surface area contributed by atoms with E-state index in [0.29, 0.717) is 0 Å². The first-order chi connectivity index (χ1) is 13.7. The first kappa shape index (κ1) is 38.1. The third kappa shape index (κ3) is 56.2. The van der Waals surface area contributed by atoms with Gasteiger partial charge in [-0.3, -0.25) is 9.59 Å². The molecule has 0 fully saturated rings. The second-order valence-electron chi connectivity index (χ2n) is 4.33. The fraction of sp³-hybridized carbons (Fsp3) is 0.429. The van der Waals surface area contributed by atoms with Gasteiger partial charge in [-0.15, -0.1) is 9.81 Å². The van der Waals surface area contributed by atoms with E-state index in [0.717, 1.165) is 25.1 Å². The lowest BCUT2D eigenvalue weighted by Crippen LogP contribution is -2.13. The van der Waals surface area contributed by atoms with Gasteiger partial charge in [0.15, 0.2) is 10.7 Å². The van der Waals surface area contributed by atoms with Crippen molar-refractivity contribution >= 4 is 35.7 Å². The number of hydrogen-bond acceptors (Lipinski definition) is 7. The third-order valence-corrected chi connectivity index (χ3v) is 2.17. The van der Waals surface area contributed by atoms with E-state index >= 15 is 0 Å². The largest absolute Gasteiger partial charge is 0.416 e. The molecule has 0 unspecified atom stereocenters. The van der Waals surface area contributed by atoms with Crippen LogP contribution in [-0.2, 0) is 6.18 Å². The lowest BCUT2D eigenvalue weighted by Gasteiger charge is -2.03. The molecule has 0 aliphatic heterocycles. The molecule has 30 heavy (non-hydrogen) atoms. The first-order valence-electron chi connectivity index (χ1n) is 7.37. The molecule has 0 heterocycles. The Hall–Kier alpha value is -2.59. The highest BCUT2D eigenvalue weighted by Crippen LogP contribution is 2.28. The van der Waals surface area contributed by atoms with Crippen LogP contribution >= 0.6 is 25.3 Å². The molecule has 1 aromatic rings. The van der Waals surface area contributed by atoms with Crippen LogP contribution in [0, 0.1) is 9.81 Å². The molecule has 0 radical (unpaired) electrons. The van der Waals surface area contributed by atoms with Gasteiger partial charge in [0.05, 0.1) is 5.56 Å². The van der Waals surface area contributed by atoms with Crippen LogP contribution in [0.15, 0.2) is 41.0 Å². The topological polar surface area (TPSA) is 189 Å². The molecule has 0 saturated carbocycles. The van der Waals surface area contributed by atoms with Crippen LogP contribution in [0.4, 0.5) is 22.8 Å². The lowest BCUT2D eigenvalue weighted by molar-refractivity contribution is -0.137. The molecule has 1 rings (SSSR count). The summed E-state index contributed by atoms with van der Waals surface area (Å²) in [7, 11) is 3.30. The molecule has 0 aliphatic carbocycles. The van der Waals surface area contributed by atoms with E-state index in [2.05, 4.69) is 37.9 Å². The summed E-state index contributed by atoms with van der Waals surface area (Å²) < 4.78 is 35.4. The first-order valence-corrected chi connectivity index (χ1v) is 8.26. The van der Waals surface area contributed by atoms with E-state index in [1.54, 1.807) is 20.2 Å². The minimum absolute atomic E-state index is 0.213. The number of nitrogens with two attached hydrogens (primary N) is 2. The van der Waals surface area contributed by atoms with Crippen LogP contribution in [-0.4, -0.2) is 46.4 Å². The highest BCUT2D eigenvalue weighted by Gasteiger charge is 2.29. The number of nitrogens with zero attached hydrogens (tertiary/aromatic N) is 3. The molecule has 11 nitrogen and oxygen atoms in total. The number of benzene rings is 1. The molecule has 0 aliphatic rings. The van der Waals surface area contributed by atoms with Crippen molar-refractivity contribution in [3.05, 3.63) is 45.7 Å². The molecular weight excluding hydrogens is 455 g/mol. The summed E-state index contributed by atoms with van der Waals surface area (Å²) in [5.74, 6) is 0. The summed E-state index contributed by atoms with van der Waals surface area (Å²) in [5, 5.41) is 14.9. The van der Waals surface area contributed by atoms with E-state index in [9.17, 15) is 18.0 Å². The van der Waals surface area contributed by atoms with Gasteiger partial charge in [-0.2, -0.15) is 13.2 Å². The lowest BCUT2D eigenvalue weighted by atomic mass is 10.2. The van der Waals surface area contributed by atoms with Crippen LogP contribution in [0.25, 0.3) is 0 Å². The fourth-order valence-electron chi connectivity index (χ4n) is 0.627. The van der Waals surface area contributed by atoms with Crippen molar-refractivity contribution in [3.63, 3.8) is 0 Å². The van der Waals surface area contributed by atoms with Gasteiger partial charge >= 0.3 is 6.18 Å². The van der Waals surface area contributed by atoms with Crippen molar-refractivity contribution in [2.24, 2.45) is 22.1 Å². The van der Waals surface area contributed by atoms with E-state index in [4.69, 9.17) is 30.8 Å². The zero-order chi connectivity index (χ0) is 25.2. The molecule has 0 saturated heterocycles. The van der Waals surface area contributed by atoms with Gasteiger partial charge in [0, 0.05) is 14.1 Å². The summed E-state index contributed by atoms with van der Waals surface area (Å²) >= 11 is 6.58. The SMILES string of the molecule is CCCN.CN(C)C(=O)S.FC(F)(F)c1ccccc1.NC(=O)S.O=NO.O=NO. The maximum absolute atomic E-state index is 11.8. The van der Waals surface area contributed by atoms with Gasteiger partial charge in [0.2, 0.25) is 0 Å². The average Bonchev–Trinajstić information content (AvgIpc) is 2.63. The molecular formula is C14H26F3N5O6S2. The predicted octanol–water partition coefficient (Wildman–Crippen LogP) is 3.94. The Labute approximate surface area is 182 Å². The number of alkyl halides is 3. The van der Waals surface area contributed by atoms with Gasteiger partial charge in [-0.1, -0.05) is 62.5 Å². The number of primary amides is 1. The Kier molecular flexibility index (Phi) is 36.3. The van der Waals surface area contributed by atoms with Gasteiger partial charge in [-0.25, -0.2) is 0 Å². The Bertz CT molecular complexity index is 529.